The zero-order chi connectivity index (χ0) is 21.7. The highest BCUT2D eigenvalue weighted by molar-refractivity contribution is 5.85. The van der Waals surface area contributed by atoms with E-state index < -0.39 is 0 Å². The topological polar surface area (TPSA) is 72.8 Å². The molecule has 1 aliphatic heterocycles. The molecule has 170 valence electrons. The number of fused-ring (bicyclic) bond motifs is 2. The zero-order valence-electron chi connectivity index (χ0n) is 19.2. The number of Topliss-reactive ketones (excluding diaryl/α,β-unsaturated/α-hetero) is 1. The van der Waals surface area contributed by atoms with Crippen LogP contribution in [0.25, 0.3) is 0 Å². The first kappa shape index (κ1) is 22.3. The molecule has 5 nitrogen and oxygen atoms in total. The molecule has 1 saturated heterocycles. The summed E-state index contributed by atoms with van der Waals surface area (Å²) in [5.74, 6) is 1.89. The summed E-state index contributed by atoms with van der Waals surface area (Å²) in [7, 11) is 0. The Morgan fingerprint density at radius 2 is 1.87 bits per heavy atom. The van der Waals surface area contributed by atoms with Crippen LogP contribution in [0.3, 0.4) is 0 Å². The quantitative estimate of drug-likeness (QED) is 0.676. The minimum Gasteiger partial charge on any atom is -0.458 e. The minimum atomic E-state index is -0.380. The molecular formula is C25H40O5. The Bertz CT molecular complexity index is 676. The maximum atomic E-state index is 12.9. The number of carbonyl (C=O) groups excluding carboxylic acids is 2. The number of ketones is 1. The predicted molar refractivity (Wildman–Crippen MR) is 114 cm³/mol. The van der Waals surface area contributed by atoms with Gasteiger partial charge in [0.15, 0.2) is 5.78 Å². The molecule has 0 aromatic carbocycles. The van der Waals surface area contributed by atoms with E-state index in [0.29, 0.717) is 23.7 Å². The van der Waals surface area contributed by atoms with Crippen LogP contribution in [-0.2, 0) is 19.1 Å². The minimum absolute atomic E-state index is 0.00238. The number of aliphatic hydroxyl groups excluding tert-OH is 1. The highest BCUT2D eigenvalue weighted by Crippen LogP contribution is 2.61. The maximum absolute atomic E-state index is 12.9. The van der Waals surface area contributed by atoms with Gasteiger partial charge in [0.25, 0.3) is 0 Å². The van der Waals surface area contributed by atoms with Gasteiger partial charge in [0, 0.05) is 12.8 Å². The Labute approximate surface area is 181 Å². The Hall–Kier alpha value is -0.940. The van der Waals surface area contributed by atoms with Gasteiger partial charge in [-0.3, -0.25) is 9.59 Å². The molecule has 30 heavy (non-hydrogen) atoms. The summed E-state index contributed by atoms with van der Waals surface area (Å²) in [4.78, 5) is 24.1. The molecule has 0 spiro atoms. The molecule has 0 aromatic heterocycles. The monoisotopic (exact) mass is 420 g/mol. The van der Waals surface area contributed by atoms with Gasteiger partial charge in [-0.15, -0.1) is 0 Å². The average Bonchev–Trinajstić information content (AvgIpc) is 3.20. The van der Waals surface area contributed by atoms with Crippen LogP contribution in [0.5, 0.6) is 0 Å². The van der Waals surface area contributed by atoms with Crippen LogP contribution in [0.1, 0.15) is 79.1 Å². The van der Waals surface area contributed by atoms with Crippen molar-refractivity contribution in [2.45, 2.75) is 91.3 Å². The van der Waals surface area contributed by atoms with Crippen molar-refractivity contribution in [1.29, 1.82) is 0 Å². The molecule has 5 heteroatoms. The van der Waals surface area contributed by atoms with Gasteiger partial charge in [-0.2, -0.15) is 0 Å². The van der Waals surface area contributed by atoms with Gasteiger partial charge < -0.3 is 14.6 Å². The molecule has 1 heterocycles. The molecule has 0 amide bonds. The van der Waals surface area contributed by atoms with Gasteiger partial charge in [-0.1, -0.05) is 20.8 Å². The summed E-state index contributed by atoms with van der Waals surface area (Å²) >= 11 is 0. The van der Waals surface area contributed by atoms with E-state index in [9.17, 15) is 14.7 Å². The van der Waals surface area contributed by atoms with Crippen LogP contribution < -0.4 is 0 Å². The lowest BCUT2D eigenvalue weighted by atomic mass is 9.56. The van der Waals surface area contributed by atoms with E-state index in [1.165, 1.54) is 6.92 Å². The van der Waals surface area contributed by atoms with Crippen LogP contribution in [0.15, 0.2) is 0 Å². The molecule has 0 radical (unpaired) electrons. The Balaban J connectivity index is 1.48. The molecule has 3 aliphatic carbocycles. The lowest BCUT2D eigenvalue weighted by Crippen LogP contribution is -2.45. The Morgan fingerprint density at radius 1 is 1.10 bits per heavy atom. The highest BCUT2D eigenvalue weighted by Gasteiger charge is 2.57. The third kappa shape index (κ3) is 3.85. The molecule has 0 bridgehead atoms. The van der Waals surface area contributed by atoms with Gasteiger partial charge in [-0.05, 0) is 85.9 Å². The SMILES string of the molecule is CC(=O)OCC(=O)C1CCC2C(CC3OCC4(C)CCC(O)CC34)C(C)CCC12C. The fraction of sp³-hybridized carbons (Fsp3) is 0.920. The number of ether oxygens (including phenoxy) is 2. The van der Waals surface area contributed by atoms with Crippen LogP contribution >= 0.6 is 0 Å². The van der Waals surface area contributed by atoms with Crippen molar-refractivity contribution >= 4 is 11.8 Å². The van der Waals surface area contributed by atoms with Crippen molar-refractivity contribution in [1.82, 2.24) is 0 Å². The van der Waals surface area contributed by atoms with Gasteiger partial charge in [0.1, 0.15) is 6.61 Å². The zero-order valence-corrected chi connectivity index (χ0v) is 19.2. The second kappa shape index (κ2) is 8.20. The van der Waals surface area contributed by atoms with Crippen LogP contribution in [0.4, 0.5) is 0 Å². The first-order valence-electron chi connectivity index (χ1n) is 12.1. The highest BCUT2D eigenvalue weighted by atomic mass is 16.5. The van der Waals surface area contributed by atoms with Crippen LogP contribution in [-0.4, -0.2) is 42.3 Å². The van der Waals surface area contributed by atoms with E-state index in [-0.39, 0.29) is 47.3 Å². The van der Waals surface area contributed by atoms with Crippen molar-refractivity contribution in [3.8, 4) is 0 Å². The van der Waals surface area contributed by atoms with Crippen molar-refractivity contribution in [3.05, 3.63) is 0 Å². The number of aliphatic hydroxyl groups is 1. The smallest absolute Gasteiger partial charge is 0.303 e. The number of esters is 1. The van der Waals surface area contributed by atoms with Gasteiger partial charge in [0.2, 0.25) is 0 Å². The lowest BCUT2D eigenvalue weighted by Gasteiger charge is -2.49. The summed E-state index contributed by atoms with van der Waals surface area (Å²) in [5, 5.41) is 10.3. The molecule has 9 atom stereocenters. The van der Waals surface area contributed by atoms with Crippen LogP contribution in [0.2, 0.25) is 0 Å². The molecular weight excluding hydrogens is 380 g/mol. The summed E-state index contributed by atoms with van der Waals surface area (Å²) in [6.07, 6.45) is 8.15. The van der Waals surface area contributed by atoms with E-state index in [4.69, 9.17) is 9.47 Å². The summed E-state index contributed by atoms with van der Waals surface area (Å²) in [6, 6.07) is 0. The van der Waals surface area contributed by atoms with Crippen LogP contribution in [0, 0.1) is 40.4 Å². The first-order valence-corrected chi connectivity index (χ1v) is 12.1. The summed E-state index contributed by atoms with van der Waals surface area (Å²) in [6.45, 7) is 9.14. The van der Waals surface area contributed by atoms with E-state index in [1.54, 1.807) is 0 Å². The predicted octanol–water partition coefficient (Wildman–Crippen LogP) is 4.15. The van der Waals surface area contributed by atoms with Gasteiger partial charge in [-0.25, -0.2) is 0 Å². The molecule has 3 saturated carbocycles. The van der Waals surface area contributed by atoms with E-state index in [1.807, 2.05) is 0 Å². The lowest BCUT2D eigenvalue weighted by molar-refractivity contribution is -0.148. The molecule has 1 N–H and O–H groups in total. The molecule has 0 aromatic rings. The van der Waals surface area contributed by atoms with Crippen molar-refractivity contribution in [2.75, 3.05) is 13.2 Å². The van der Waals surface area contributed by atoms with Gasteiger partial charge in [0.05, 0.1) is 18.8 Å². The third-order valence-electron chi connectivity index (χ3n) is 9.65. The number of hydrogen-bond acceptors (Lipinski definition) is 5. The normalized spacial score (nSPS) is 48.1. The van der Waals surface area contributed by atoms with E-state index in [2.05, 4.69) is 20.8 Å². The number of carbonyl (C=O) groups is 2. The summed E-state index contributed by atoms with van der Waals surface area (Å²) < 4.78 is 11.4. The Kier molecular flexibility index (Phi) is 6.08. The fourth-order valence-electron chi connectivity index (χ4n) is 7.75. The first-order chi connectivity index (χ1) is 14.1. The molecule has 4 aliphatic rings. The van der Waals surface area contributed by atoms with Crippen molar-refractivity contribution in [3.63, 3.8) is 0 Å². The fourth-order valence-corrected chi connectivity index (χ4v) is 7.75. The standard InChI is InChI=1S/C25H40O5/c1-15-7-10-25(4)19(5-6-20(25)22(28)13-29-16(2)26)18(15)12-23-21-11-17(27)8-9-24(21,3)14-30-23/h15,17-21,23,27H,5-14H2,1-4H3. The maximum Gasteiger partial charge on any atom is 0.303 e. The van der Waals surface area contributed by atoms with E-state index >= 15 is 0 Å². The van der Waals surface area contributed by atoms with E-state index in [0.717, 1.165) is 58.0 Å². The largest absolute Gasteiger partial charge is 0.458 e. The Morgan fingerprint density at radius 3 is 2.60 bits per heavy atom. The molecule has 9 unspecified atom stereocenters. The summed E-state index contributed by atoms with van der Waals surface area (Å²) in [5.41, 5.74) is 0.214. The number of hydrogen-bond donors (Lipinski definition) is 1. The van der Waals surface area contributed by atoms with Crippen molar-refractivity contribution in [2.24, 2.45) is 40.4 Å². The average molecular weight is 421 g/mol. The van der Waals surface area contributed by atoms with Gasteiger partial charge >= 0.3 is 5.97 Å². The third-order valence-corrected chi connectivity index (χ3v) is 9.65. The second-order valence-electron chi connectivity index (χ2n) is 11.4. The second-order valence-corrected chi connectivity index (χ2v) is 11.4. The van der Waals surface area contributed by atoms with Crippen molar-refractivity contribution < 1.29 is 24.2 Å². The molecule has 4 rings (SSSR count). The number of rotatable bonds is 5. The molecule has 4 fully saturated rings.